The predicted octanol–water partition coefficient (Wildman–Crippen LogP) is 6.07. The van der Waals surface area contributed by atoms with Crippen molar-refractivity contribution in [3.05, 3.63) is 85.8 Å². The van der Waals surface area contributed by atoms with Crippen molar-refractivity contribution in [3.63, 3.8) is 0 Å². The molecule has 0 aliphatic heterocycles. The first-order valence-corrected chi connectivity index (χ1v) is 11.8. The average Bonchev–Trinajstić information content (AvgIpc) is 2.69. The minimum atomic E-state index is -4.84. The lowest BCUT2D eigenvalue weighted by Gasteiger charge is -2.14. The summed E-state index contributed by atoms with van der Waals surface area (Å²) < 4.78 is 69.7. The van der Waals surface area contributed by atoms with Crippen molar-refractivity contribution in [1.29, 1.82) is 0 Å². The maximum Gasteiger partial charge on any atom is 0.431 e. The number of hydrogen-bond acceptors (Lipinski definition) is 5. The highest BCUT2D eigenvalue weighted by atomic mass is 35.5. The van der Waals surface area contributed by atoms with E-state index in [4.69, 9.17) is 27.4 Å². The number of benzene rings is 2. The standard InChI is InChI=1S/C20H14Cl2F3NO4S2/c1-11-5-7-12(8-6-11)32(28,29)30-10-13-16(9-17(20(23,24)25)26-19(13)27)31-18-14(21)3-2-4-15(18)22/h2-9H,10H2,1H3,(H,26,27). The number of aryl methyl sites for hydroxylation is 1. The summed E-state index contributed by atoms with van der Waals surface area (Å²) in [7, 11) is -4.27. The van der Waals surface area contributed by atoms with E-state index < -0.39 is 34.2 Å². The van der Waals surface area contributed by atoms with Gasteiger partial charge in [-0.05, 0) is 37.3 Å². The molecule has 0 saturated carbocycles. The van der Waals surface area contributed by atoms with Gasteiger partial charge in [0.15, 0.2) is 0 Å². The molecule has 0 radical (unpaired) electrons. The van der Waals surface area contributed by atoms with Gasteiger partial charge in [0, 0.05) is 9.79 Å². The number of H-pyrrole nitrogens is 1. The molecule has 0 spiro atoms. The molecule has 170 valence electrons. The molecule has 32 heavy (non-hydrogen) atoms. The van der Waals surface area contributed by atoms with Gasteiger partial charge in [-0.3, -0.25) is 8.98 Å². The van der Waals surface area contributed by atoms with E-state index in [-0.39, 0.29) is 30.3 Å². The van der Waals surface area contributed by atoms with Crippen LogP contribution in [0.15, 0.2) is 68.0 Å². The predicted molar refractivity (Wildman–Crippen MR) is 116 cm³/mol. The zero-order valence-electron chi connectivity index (χ0n) is 16.2. The van der Waals surface area contributed by atoms with E-state index in [2.05, 4.69) is 0 Å². The normalized spacial score (nSPS) is 12.2. The maximum absolute atomic E-state index is 13.2. The Balaban J connectivity index is 2.02. The van der Waals surface area contributed by atoms with Crippen LogP contribution in [-0.2, 0) is 27.1 Å². The van der Waals surface area contributed by atoms with E-state index >= 15 is 0 Å². The third-order valence-electron chi connectivity index (χ3n) is 4.20. The van der Waals surface area contributed by atoms with Gasteiger partial charge in [0.05, 0.1) is 27.1 Å². The van der Waals surface area contributed by atoms with Gasteiger partial charge >= 0.3 is 6.18 Å². The van der Waals surface area contributed by atoms with Crippen molar-refractivity contribution in [2.75, 3.05) is 0 Å². The van der Waals surface area contributed by atoms with E-state index in [9.17, 15) is 26.4 Å². The van der Waals surface area contributed by atoms with Crippen LogP contribution in [0.3, 0.4) is 0 Å². The Morgan fingerprint density at radius 2 is 1.66 bits per heavy atom. The van der Waals surface area contributed by atoms with Crippen molar-refractivity contribution < 1.29 is 25.8 Å². The zero-order chi connectivity index (χ0) is 23.7. The van der Waals surface area contributed by atoms with Gasteiger partial charge in [-0.15, -0.1) is 0 Å². The van der Waals surface area contributed by atoms with E-state index in [1.165, 1.54) is 24.3 Å². The molecular weight excluding hydrogens is 510 g/mol. The number of aromatic amines is 1. The van der Waals surface area contributed by atoms with Gasteiger partial charge in [0.1, 0.15) is 5.69 Å². The molecule has 0 bridgehead atoms. The first-order valence-electron chi connectivity index (χ1n) is 8.80. The Labute approximate surface area is 195 Å². The summed E-state index contributed by atoms with van der Waals surface area (Å²) in [6.07, 6.45) is -4.84. The largest absolute Gasteiger partial charge is 0.431 e. The van der Waals surface area contributed by atoms with E-state index in [1.54, 1.807) is 30.1 Å². The molecule has 2 aromatic carbocycles. The molecule has 0 unspecified atom stereocenters. The SMILES string of the molecule is Cc1ccc(S(=O)(=O)OCc2c(Sc3c(Cl)cccc3Cl)cc(C(F)(F)F)[nH]c2=O)cc1. The molecular formula is C20H14Cl2F3NO4S2. The van der Waals surface area contributed by atoms with Gasteiger partial charge < -0.3 is 4.98 Å². The minimum Gasteiger partial charge on any atom is -0.318 e. The summed E-state index contributed by atoms with van der Waals surface area (Å²) >= 11 is 12.9. The van der Waals surface area contributed by atoms with Gasteiger partial charge in [-0.2, -0.15) is 21.6 Å². The number of alkyl halides is 3. The maximum atomic E-state index is 13.2. The van der Waals surface area contributed by atoms with Crippen LogP contribution in [0.4, 0.5) is 13.2 Å². The zero-order valence-corrected chi connectivity index (χ0v) is 19.3. The van der Waals surface area contributed by atoms with Crippen LogP contribution in [0.25, 0.3) is 0 Å². The van der Waals surface area contributed by atoms with E-state index in [1.807, 2.05) is 0 Å². The van der Waals surface area contributed by atoms with Crippen LogP contribution in [0.1, 0.15) is 16.8 Å². The fourth-order valence-corrected chi connectivity index (χ4v) is 5.05. The topological polar surface area (TPSA) is 76.2 Å². The van der Waals surface area contributed by atoms with Crippen molar-refractivity contribution in [2.24, 2.45) is 0 Å². The van der Waals surface area contributed by atoms with Crippen LogP contribution in [0.2, 0.25) is 10.0 Å². The Bertz CT molecular complexity index is 1290. The Morgan fingerprint density at radius 3 is 2.22 bits per heavy atom. The highest BCUT2D eigenvalue weighted by molar-refractivity contribution is 7.99. The summed E-state index contributed by atoms with van der Waals surface area (Å²) in [5, 5.41) is 0.297. The van der Waals surface area contributed by atoms with Gasteiger partial charge in [-0.1, -0.05) is 58.7 Å². The second-order valence-corrected chi connectivity index (χ2v) is 10.0. The molecule has 0 aliphatic carbocycles. The second-order valence-electron chi connectivity index (χ2n) is 6.53. The molecule has 1 heterocycles. The number of pyridine rings is 1. The smallest absolute Gasteiger partial charge is 0.318 e. The third-order valence-corrected chi connectivity index (χ3v) is 7.56. The van der Waals surface area contributed by atoms with Gasteiger partial charge in [0.2, 0.25) is 0 Å². The highest BCUT2D eigenvalue weighted by Crippen LogP contribution is 2.41. The number of rotatable bonds is 6. The molecule has 3 aromatic rings. The van der Waals surface area contributed by atoms with Crippen LogP contribution < -0.4 is 5.56 Å². The number of aromatic nitrogens is 1. The summed E-state index contributed by atoms with van der Waals surface area (Å²) in [5.41, 5.74) is -1.96. The van der Waals surface area contributed by atoms with Crippen LogP contribution in [0.5, 0.6) is 0 Å². The lowest BCUT2D eigenvalue weighted by molar-refractivity contribution is -0.141. The highest BCUT2D eigenvalue weighted by Gasteiger charge is 2.33. The van der Waals surface area contributed by atoms with Crippen LogP contribution in [0, 0.1) is 6.92 Å². The third kappa shape index (κ3) is 5.68. The molecule has 0 amide bonds. The van der Waals surface area contributed by atoms with Crippen LogP contribution >= 0.6 is 35.0 Å². The molecule has 12 heteroatoms. The fourth-order valence-electron chi connectivity index (χ4n) is 2.54. The fraction of sp³-hybridized carbons (Fsp3) is 0.150. The quantitative estimate of drug-likeness (QED) is 0.397. The molecule has 1 aromatic heterocycles. The monoisotopic (exact) mass is 523 g/mol. The summed E-state index contributed by atoms with van der Waals surface area (Å²) in [6.45, 7) is 0.969. The molecule has 0 saturated heterocycles. The van der Waals surface area contributed by atoms with Crippen LogP contribution in [-0.4, -0.2) is 13.4 Å². The molecule has 0 aliphatic rings. The number of nitrogens with one attached hydrogen (secondary N) is 1. The lowest BCUT2D eigenvalue weighted by Crippen LogP contribution is -2.22. The van der Waals surface area contributed by atoms with E-state index in [0.717, 1.165) is 5.56 Å². The van der Waals surface area contributed by atoms with Crippen molar-refractivity contribution >= 4 is 45.1 Å². The van der Waals surface area contributed by atoms with Crippen molar-refractivity contribution in [3.8, 4) is 0 Å². The molecule has 0 atom stereocenters. The summed E-state index contributed by atoms with van der Waals surface area (Å²) in [6, 6.07) is 10.9. The molecule has 1 N–H and O–H groups in total. The van der Waals surface area contributed by atoms with Gasteiger partial charge in [0.25, 0.3) is 15.7 Å². The summed E-state index contributed by atoms with van der Waals surface area (Å²) in [4.78, 5) is 14.0. The van der Waals surface area contributed by atoms with Crippen molar-refractivity contribution in [1.82, 2.24) is 4.98 Å². The minimum absolute atomic E-state index is 0.149. The summed E-state index contributed by atoms with van der Waals surface area (Å²) in [5.74, 6) is 0. The molecule has 3 rings (SSSR count). The van der Waals surface area contributed by atoms with Gasteiger partial charge in [-0.25, -0.2) is 0 Å². The Kier molecular flexibility index (Phi) is 7.31. The van der Waals surface area contributed by atoms with E-state index in [0.29, 0.717) is 17.8 Å². The van der Waals surface area contributed by atoms with Crippen molar-refractivity contribution in [2.45, 2.75) is 34.4 Å². The number of hydrogen-bond donors (Lipinski definition) is 1. The lowest BCUT2D eigenvalue weighted by atomic mass is 10.2. The Hall–Kier alpha value is -1.98. The second kappa shape index (κ2) is 9.48. The Morgan fingerprint density at radius 1 is 1.06 bits per heavy atom. The molecule has 5 nitrogen and oxygen atoms in total. The molecule has 0 fully saturated rings. The average molecular weight is 524 g/mol. The first-order chi connectivity index (χ1) is 14.9. The first kappa shape index (κ1) is 24.7. The number of halogens is 5.